The predicted molar refractivity (Wildman–Crippen MR) is 111 cm³/mol. The number of morpholine rings is 1. The molecular formula is C20H17ClF2N6O. The van der Waals surface area contributed by atoms with E-state index >= 15 is 0 Å². The Hall–Kier alpha value is -3.04. The Balaban J connectivity index is 1.64. The molecule has 0 spiro atoms. The fourth-order valence-electron chi connectivity index (χ4n) is 3.66. The number of amidine groups is 1. The van der Waals surface area contributed by atoms with Crippen LogP contribution in [0.1, 0.15) is 12.5 Å². The lowest BCUT2D eigenvalue weighted by Gasteiger charge is -2.32. The summed E-state index contributed by atoms with van der Waals surface area (Å²) in [4.78, 5) is 11.1. The van der Waals surface area contributed by atoms with E-state index in [9.17, 15) is 8.78 Å². The third kappa shape index (κ3) is 3.20. The number of H-pyrrole nitrogens is 1. The van der Waals surface area contributed by atoms with E-state index < -0.39 is 11.6 Å². The van der Waals surface area contributed by atoms with Gasteiger partial charge in [-0.3, -0.25) is 5.10 Å². The fraction of sp³-hybridized carbons (Fsp3) is 0.250. The molecule has 0 unspecified atom stereocenters. The molecule has 1 atom stereocenters. The van der Waals surface area contributed by atoms with Crippen molar-refractivity contribution in [2.24, 2.45) is 4.99 Å². The molecule has 4 heterocycles. The third-order valence-corrected chi connectivity index (χ3v) is 5.36. The second kappa shape index (κ2) is 7.33. The summed E-state index contributed by atoms with van der Waals surface area (Å²) in [6, 6.07) is 5.52. The van der Waals surface area contributed by atoms with Crippen molar-refractivity contribution >= 4 is 34.6 Å². The number of ether oxygens (including phenoxy) is 1. The Morgan fingerprint density at radius 2 is 2.07 bits per heavy atom. The van der Waals surface area contributed by atoms with Crippen molar-refractivity contribution in [2.75, 3.05) is 29.9 Å². The van der Waals surface area contributed by atoms with Gasteiger partial charge in [-0.25, -0.2) is 18.8 Å². The molecule has 2 aromatic heterocycles. The van der Waals surface area contributed by atoms with E-state index in [1.807, 2.05) is 13.0 Å². The summed E-state index contributed by atoms with van der Waals surface area (Å²) < 4.78 is 34.5. The minimum absolute atomic E-state index is 0.0107. The van der Waals surface area contributed by atoms with Crippen LogP contribution in [0.15, 0.2) is 35.5 Å². The number of aromatic nitrogens is 3. The predicted octanol–water partition coefficient (Wildman–Crippen LogP) is 4.13. The number of hydrogen-bond donors (Lipinski definition) is 2. The quantitative estimate of drug-likeness (QED) is 0.639. The van der Waals surface area contributed by atoms with E-state index in [1.165, 1.54) is 18.2 Å². The first-order valence-electron chi connectivity index (χ1n) is 9.42. The highest BCUT2D eigenvalue weighted by atomic mass is 35.5. The average Bonchev–Trinajstić information content (AvgIpc) is 2.99. The van der Waals surface area contributed by atoms with Crippen molar-refractivity contribution in [3.8, 4) is 11.3 Å². The maximum atomic E-state index is 14.4. The van der Waals surface area contributed by atoms with E-state index in [0.29, 0.717) is 42.3 Å². The zero-order valence-corrected chi connectivity index (χ0v) is 16.7. The number of nitrogens with zero attached hydrogens (tertiary/aromatic N) is 4. The summed E-state index contributed by atoms with van der Waals surface area (Å²) in [7, 11) is 0. The summed E-state index contributed by atoms with van der Waals surface area (Å²) in [5.74, 6) is -0.734. The van der Waals surface area contributed by atoms with Crippen LogP contribution in [0.2, 0.25) is 5.15 Å². The highest BCUT2D eigenvalue weighted by Gasteiger charge is 2.27. The van der Waals surface area contributed by atoms with Crippen LogP contribution in [0, 0.1) is 11.6 Å². The number of aromatic amines is 1. The smallest absolute Gasteiger partial charge is 0.177 e. The van der Waals surface area contributed by atoms with Crippen LogP contribution >= 0.6 is 11.6 Å². The number of halogens is 3. The molecule has 30 heavy (non-hydrogen) atoms. The second-order valence-corrected chi connectivity index (χ2v) is 7.49. The molecule has 1 saturated heterocycles. The molecule has 154 valence electrons. The highest BCUT2D eigenvalue weighted by molar-refractivity contribution is 6.33. The number of nitrogens with one attached hydrogen (secondary N) is 2. The summed E-state index contributed by atoms with van der Waals surface area (Å²) in [6.45, 7) is 4.03. The number of hydrogen-bond acceptors (Lipinski definition) is 6. The van der Waals surface area contributed by atoms with E-state index in [0.717, 1.165) is 5.82 Å². The van der Waals surface area contributed by atoms with Crippen LogP contribution in [-0.2, 0) is 4.74 Å². The van der Waals surface area contributed by atoms with Crippen LogP contribution < -0.4 is 10.2 Å². The van der Waals surface area contributed by atoms with Crippen molar-refractivity contribution in [1.82, 2.24) is 15.2 Å². The van der Waals surface area contributed by atoms with Gasteiger partial charge in [-0.1, -0.05) is 17.7 Å². The van der Waals surface area contributed by atoms with Crippen LogP contribution in [-0.4, -0.2) is 46.8 Å². The first kappa shape index (κ1) is 19.0. The number of benzene rings is 1. The van der Waals surface area contributed by atoms with Gasteiger partial charge in [-0.15, -0.1) is 0 Å². The molecule has 0 saturated carbocycles. The van der Waals surface area contributed by atoms with Gasteiger partial charge in [0.25, 0.3) is 0 Å². The molecule has 0 amide bonds. The first-order chi connectivity index (χ1) is 14.5. The number of anilines is 2. The van der Waals surface area contributed by atoms with Crippen LogP contribution in [0.4, 0.5) is 26.0 Å². The topological polar surface area (TPSA) is 78.4 Å². The molecule has 2 aliphatic heterocycles. The Kier molecular flexibility index (Phi) is 4.63. The van der Waals surface area contributed by atoms with E-state index in [2.05, 4.69) is 30.4 Å². The van der Waals surface area contributed by atoms with Gasteiger partial charge in [-0.2, -0.15) is 5.10 Å². The normalized spacial score (nSPS) is 18.2. The number of pyridine rings is 1. The molecule has 10 heteroatoms. The summed E-state index contributed by atoms with van der Waals surface area (Å²) >= 11 is 6.23. The molecular weight excluding hydrogens is 414 g/mol. The first-order valence-corrected chi connectivity index (χ1v) is 9.80. The summed E-state index contributed by atoms with van der Waals surface area (Å²) in [6.07, 6.45) is 1.71. The summed E-state index contributed by atoms with van der Waals surface area (Å²) in [5.41, 5.74) is 1.79. The maximum absolute atomic E-state index is 14.4. The Morgan fingerprint density at radius 3 is 2.83 bits per heavy atom. The Morgan fingerprint density at radius 1 is 1.27 bits per heavy atom. The van der Waals surface area contributed by atoms with Crippen LogP contribution in [0.25, 0.3) is 11.3 Å². The SMILES string of the molecule is C[C@H]1CN(c2cc3c(cn2)NC(c2c(F)cccc2F)=Nc2c(Cl)n[nH]c2-3)CCO1. The molecule has 1 aromatic carbocycles. The van der Waals surface area contributed by atoms with E-state index in [1.54, 1.807) is 6.20 Å². The Bertz CT molecular complexity index is 1140. The second-order valence-electron chi connectivity index (χ2n) is 7.14. The minimum atomic E-state index is -0.738. The lowest BCUT2D eigenvalue weighted by atomic mass is 10.1. The minimum Gasteiger partial charge on any atom is -0.375 e. The van der Waals surface area contributed by atoms with Gasteiger partial charge in [-0.05, 0) is 25.1 Å². The van der Waals surface area contributed by atoms with Crippen molar-refractivity contribution in [1.29, 1.82) is 0 Å². The number of rotatable bonds is 2. The van der Waals surface area contributed by atoms with E-state index in [-0.39, 0.29) is 22.7 Å². The fourth-order valence-corrected chi connectivity index (χ4v) is 3.84. The number of fused-ring (bicyclic) bond motifs is 3. The molecule has 0 radical (unpaired) electrons. The van der Waals surface area contributed by atoms with Crippen molar-refractivity contribution < 1.29 is 13.5 Å². The van der Waals surface area contributed by atoms with E-state index in [4.69, 9.17) is 16.3 Å². The molecule has 1 fully saturated rings. The van der Waals surface area contributed by atoms with Crippen molar-refractivity contribution in [3.05, 3.63) is 52.8 Å². The van der Waals surface area contributed by atoms with Gasteiger partial charge in [0, 0.05) is 18.7 Å². The van der Waals surface area contributed by atoms with Crippen LogP contribution in [0.3, 0.4) is 0 Å². The molecule has 0 bridgehead atoms. The van der Waals surface area contributed by atoms with Crippen molar-refractivity contribution in [2.45, 2.75) is 13.0 Å². The van der Waals surface area contributed by atoms with Gasteiger partial charge >= 0.3 is 0 Å². The van der Waals surface area contributed by atoms with Gasteiger partial charge in [0.15, 0.2) is 5.15 Å². The largest absolute Gasteiger partial charge is 0.375 e. The maximum Gasteiger partial charge on any atom is 0.177 e. The monoisotopic (exact) mass is 430 g/mol. The molecule has 2 N–H and O–H groups in total. The van der Waals surface area contributed by atoms with Gasteiger partial charge < -0.3 is 15.0 Å². The third-order valence-electron chi connectivity index (χ3n) is 5.10. The van der Waals surface area contributed by atoms with Crippen LogP contribution in [0.5, 0.6) is 0 Å². The molecule has 7 nitrogen and oxygen atoms in total. The molecule has 5 rings (SSSR count). The highest BCUT2D eigenvalue weighted by Crippen LogP contribution is 2.42. The van der Waals surface area contributed by atoms with Gasteiger partial charge in [0.05, 0.1) is 35.9 Å². The van der Waals surface area contributed by atoms with Crippen molar-refractivity contribution in [3.63, 3.8) is 0 Å². The standard InChI is InChI=1S/C20H17ClF2N6O/c1-10-9-29(5-6-30-10)15-7-11-14(8-24-15)25-20(16-12(22)3-2-4-13(16)23)26-18-17(11)27-28-19(18)21/h2-4,7-8,10H,5-6,9H2,1H3,(H,25,26)(H,27,28)/t10-/m0/s1. The number of aliphatic imine (C=N–C) groups is 1. The van der Waals surface area contributed by atoms with Gasteiger partial charge in [0.2, 0.25) is 0 Å². The Labute approximate surface area is 175 Å². The molecule has 0 aliphatic carbocycles. The lowest BCUT2D eigenvalue weighted by Crippen LogP contribution is -2.41. The molecule has 3 aromatic rings. The van der Waals surface area contributed by atoms with Gasteiger partial charge in [0.1, 0.15) is 29.0 Å². The lowest BCUT2D eigenvalue weighted by molar-refractivity contribution is 0.0529. The zero-order valence-electron chi connectivity index (χ0n) is 15.9. The summed E-state index contributed by atoms with van der Waals surface area (Å²) in [5, 5.41) is 10.0. The molecule has 2 aliphatic rings. The average molecular weight is 431 g/mol. The zero-order chi connectivity index (χ0) is 20.8.